The van der Waals surface area contributed by atoms with Crippen molar-refractivity contribution >= 4 is 52.5 Å². The van der Waals surface area contributed by atoms with Crippen LogP contribution in [0, 0.1) is 9.49 Å². The Morgan fingerprint density at radius 1 is 1.40 bits per heavy atom. The molecule has 1 amide bonds. The summed E-state index contributed by atoms with van der Waals surface area (Å²) in [7, 11) is 0. The van der Waals surface area contributed by atoms with Gasteiger partial charge in [0.25, 0.3) is 5.91 Å². The minimum absolute atomic E-state index is 0. The van der Waals surface area contributed by atoms with Crippen LogP contribution in [0.1, 0.15) is 23.2 Å². The predicted octanol–water partition coefficient (Wildman–Crippen LogP) is 3.19. The fraction of sp³-hybridized carbons (Fsp3) is 0.500. The molecule has 2 heterocycles. The number of hydrogen-bond donors (Lipinski definition) is 1. The van der Waals surface area contributed by atoms with Gasteiger partial charge in [0.1, 0.15) is 0 Å². The molecule has 2 saturated heterocycles. The zero-order valence-corrected chi connectivity index (χ0v) is 14.7. The lowest BCUT2D eigenvalue weighted by molar-refractivity contribution is 0.0661. The van der Waals surface area contributed by atoms with Crippen LogP contribution in [0.4, 0.5) is 0 Å². The highest BCUT2D eigenvalue weighted by molar-refractivity contribution is 14.1. The first-order chi connectivity index (χ1) is 9.15. The minimum atomic E-state index is 0. The summed E-state index contributed by atoms with van der Waals surface area (Å²) in [6, 6.07) is 6.13. The van der Waals surface area contributed by atoms with E-state index >= 15 is 0 Å². The van der Waals surface area contributed by atoms with E-state index in [4.69, 9.17) is 11.6 Å². The Hall–Kier alpha value is -0.0400. The van der Waals surface area contributed by atoms with E-state index in [2.05, 4.69) is 27.9 Å². The van der Waals surface area contributed by atoms with Gasteiger partial charge in [0, 0.05) is 27.7 Å². The normalized spacial score (nSPS) is 25.0. The summed E-state index contributed by atoms with van der Waals surface area (Å²) in [6.45, 7) is 2.81. The van der Waals surface area contributed by atoms with Gasteiger partial charge < -0.3 is 10.2 Å². The molecule has 2 atom stereocenters. The molecule has 1 aromatic rings. The average Bonchev–Trinajstić information content (AvgIpc) is 2.88. The molecule has 2 aliphatic rings. The SMILES string of the molecule is Cl.O=C(c1cc(Cl)ccc1I)N1CCC2NCCC2C1. The lowest BCUT2D eigenvalue weighted by Crippen LogP contribution is -2.47. The number of carbonyl (C=O) groups is 1. The van der Waals surface area contributed by atoms with Crippen molar-refractivity contribution in [1.29, 1.82) is 0 Å². The molecule has 0 saturated carbocycles. The van der Waals surface area contributed by atoms with Crippen molar-refractivity contribution < 1.29 is 4.79 Å². The van der Waals surface area contributed by atoms with Crippen molar-refractivity contribution in [3.63, 3.8) is 0 Å². The lowest BCUT2D eigenvalue weighted by atomic mass is 9.93. The van der Waals surface area contributed by atoms with Gasteiger partial charge in [-0.05, 0) is 66.1 Å². The zero-order chi connectivity index (χ0) is 13.4. The van der Waals surface area contributed by atoms with Gasteiger partial charge in [0.15, 0.2) is 0 Å². The van der Waals surface area contributed by atoms with Crippen LogP contribution in [0.15, 0.2) is 18.2 Å². The summed E-state index contributed by atoms with van der Waals surface area (Å²) < 4.78 is 0.971. The maximum atomic E-state index is 12.6. The molecule has 0 bridgehead atoms. The molecule has 110 valence electrons. The highest BCUT2D eigenvalue weighted by atomic mass is 127. The topological polar surface area (TPSA) is 32.3 Å². The van der Waals surface area contributed by atoms with Gasteiger partial charge in [0.2, 0.25) is 0 Å². The monoisotopic (exact) mass is 426 g/mol. The molecule has 6 heteroatoms. The number of likely N-dealkylation sites (tertiary alicyclic amines) is 1. The lowest BCUT2D eigenvalue weighted by Gasteiger charge is -2.35. The summed E-state index contributed by atoms with van der Waals surface area (Å²) in [5.74, 6) is 0.742. The standard InChI is InChI=1S/C14H16ClIN2O.ClH/c15-10-1-2-12(16)11(7-10)14(19)18-6-4-13-9(8-18)3-5-17-13;/h1-2,7,9,13,17H,3-6,8H2;1H. The van der Waals surface area contributed by atoms with Crippen molar-refractivity contribution in [2.75, 3.05) is 19.6 Å². The van der Waals surface area contributed by atoms with Crippen molar-refractivity contribution in [3.8, 4) is 0 Å². The van der Waals surface area contributed by atoms with Crippen LogP contribution in [0.5, 0.6) is 0 Å². The molecule has 2 fully saturated rings. The van der Waals surface area contributed by atoms with Crippen LogP contribution in [-0.2, 0) is 0 Å². The number of halogens is 3. The van der Waals surface area contributed by atoms with Crippen molar-refractivity contribution in [2.45, 2.75) is 18.9 Å². The Bertz CT molecular complexity index is 512. The summed E-state index contributed by atoms with van der Waals surface area (Å²) in [5.41, 5.74) is 0.734. The largest absolute Gasteiger partial charge is 0.338 e. The van der Waals surface area contributed by atoms with Gasteiger partial charge in [-0.2, -0.15) is 0 Å². The molecule has 2 aliphatic heterocycles. The van der Waals surface area contributed by atoms with Crippen molar-refractivity contribution in [1.82, 2.24) is 10.2 Å². The maximum Gasteiger partial charge on any atom is 0.254 e. The highest BCUT2D eigenvalue weighted by Crippen LogP contribution is 2.27. The number of piperidine rings is 1. The van der Waals surface area contributed by atoms with Crippen LogP contribution >= 0.6 is 46.6 Å². The second-order valence-corrected chi connectivity index (χ2v) is 6.87. The Labute approximate surface area is 144 Å². The fourth-order valence-electron chi connectivity index (χ4n) is 3.06. The smallest absolute Gasteiger partial charge is 0.254 e. The number of carbonyl (C=O) groups excluding carboxylic acids is 1. The van der Waals surface area contributed by atoms with Crippen LogP contribution in [0.3, 0.4) is 0 Å². The third-order valence-corrected chi connectivity index (χ3v) is 5.28. The van der Waals surface area contributed by atoms with Crippen LogP contribution in [0.25, 0.3) is 0 Å². The summed E-state index contributed by atoms with van der Waals surface area (Å²) >= 11 is 8.21. The second-order valence-electron chi connectivity index (χ2n) is 5.27. The third-order valence-electron chi connectivity index (χ3n) is 4.10. The van der Waals surface area contributed by atoms with E-state index in [9.17, 15) is 4.79 Å². The van der Waals surface area contributed by atoms with Gasteiger partial charge in [0.05, 0.1) is 5.56 Å². The average molecular weight is 427 g/mol. The maximum absolute atomic E-state index is 12.6. The third kappa shape index (κ3) is 3.24. The van der Waals surface area contributed by atoms with Crippen LogP contribution in [0.2, 0.25) is 5.02 Å². The van der Waals surface area contributed by atoms with E-state index in [1.807, 2.05) is 17.0 Å². The first kappa shape index (κ1) is 16.3. The van der Waals surface area contributed by atoms with Crippen molar-refractivity contribution in [2.24, 2.45) is 5.92 Å². The second kappa shape index (κ2) is 6.81. The molecule has 0 aliphatic carbocycles. The molecule has 2 unspecified atom stereocenters. The van der Waals surface area contributed by atoms with Gasteiger partial charge >= 0.3 is 0 Å². The number of fused-ring (bicyclic) bond motifs is 1. The number of nitrogens with one attached hydrogen (secondary N) is 1. The number of hydrogen-bond acceptors (Lipinski definition) is 2. The van der Waals surface area contributed by atoms with Crippen molar-refractivity contribution in [3.05, 3.63) is 32.4 Å². The molecular weight excluding hydrogens is 410 g/mol. The summed E-state index contributed by atoms with van der Waals surface area (Å²) in [5, 5.41) is 4.14. The van der Waals surface area contributed by atoms with E-state index in [0.717, 1.165) is 35.2 Å². The molecule has 0 spiro atoms. The molecule has 0 radical (unpaired) electrons. The highest BCUT2D eigenvalue weighted by Gasteiger charge is 2.34. The van der Waals surface area contributed by atoms with E-state index in [1.165, 1.54) is 6.42 Å². The van der Waals surface area contributed by atoms with Gasteiger partial charge in [-0.15, -0.1) is 12.4 Å². The molecule has 3 rings (SSSR count). The number of benzene rings is 1. The quantitative estimate of drug-likeness (QED) is 0.699. The fourth-order valence-corrected chi connectivity index (χ4v) is 3.80. The Morgan fingerprint density at radius 3 is 3.00 bits per heavy atom. The molecule has 20 heavy (non-hydrogen) atoms. The van der Waals surface area contributed by atoms with E-state index in [0.29, 0.717) is 17.0 Å². The number of rotatable bonds is 1. The van der Waals surface area contributed by atoms with E-state index < -0.39 is 0 Å². The first-order valence-electron chi connectivity index (χ1n) is 6.63. The van der Waals surface area contributed by atoms with E-state index in [-0.39, 0.29) is 18.3 Å². The molecule has 1 N–H and O–H groups in total. The van der Waals surface area contributed by atoms with Gasteiger partial charge in [-0.1, -0.05) is 11.6 Å². The van der Waals surface area contributed by atoms with Gasteiger partial charge in [-0.3, -0.25) is 4.79 Å². The molecule has 0 aromatic heterocycles. The molecular formula is C14H17Cl2IN2O. The Morgan fingerprint density at radius 2 is 2.20 bits per heavy atom. The zero-order valence-electron chi connectivity index (χ0n) is 10.9. The number of nitrogens with zero attached hydrogens (tertiary/aromatic N) is 1. The summed E-state index contributed by atoms with van der Waals surface area (Å²) in [4.78, 5) is 14.6. The Kier molecular flexibility index (Phi) is 5.56. The Balaban J connectivity index is 0.00000147. The molecule has 3 nitrogen and oxygen atoms in total. The first-order valence-corrected chi connectivity index (χ1v) is 8.08. The van der Waals surface area contributed by atoms with Crippen LogP contribution < -0.4 is 5.32 Å². The predicted molar refractivity (Wildman–Crippen MR) is 91.8 cm³/mol. The summed E-state index contributed by atoms with van der Waals surface area (Å²) in [6.07, 6.45) is 2.24. The number of amides is 1. The van der Waals surface area contributed by atoms with Crippen LogP contribution in [-0.4, -0.2) is 36.5 Å². The van der Waals surface area contributed by atoms with E-state index in [1.54, 1.807) is 6.07 Å². The van der Waals surface area contributed by atoms with Gasteiger partial charge in [-0.25, -0.2) is 0 Å². The molecule has 1 aromatic carbocycles. The minimum Gasteiger partial charge on any atom is -0.338 e.